The van der Waals surface area contributed by atoms with Gasteiger partial charge in [0, 0.05) is 6.04 Å². The van der Waals surface area contributed by atoms with Crippen LogP contribution in [0, 0.1) is 5.92 Å². The summed E-state index contributed by atoms with van der Waals surface area (Å²) in [7, 11) is 5.78. The number of nitrogens with zero attached hydrogens (tertiary/aromatic N) is 1. The zero-order valence-electron chi connectivity index (χ0n) is 11.2. The van der Waals surface area contributed by atoms with Crippen LogP contribution in [-0.2, 0) is 0 Å². The Morgan fingerprint density at radius 2 is 1.69 bits per heavy atom. The molecule has 0 N–H and O–H groups in total. The van der Waals surface area contributed by atoms with E-state index in [0.29, 0.717) is 0 Å². The van der Waals surface area contributed by atoms with Gasteiger partial charge < -0.3 is 4.90 Å². The minimum absolute atomic E-state index is 0.793. The van der Waals surface area contributed by atoms with Crippen molar-refractivity contribution in [3.8, 4) is 0 Å². The Kier molecular flexibility index (Phi) is 4.67. The monoisotopic (exact) mass is 241 g/mol. The van der Waals surface area contributed by atoms with Gasteiger partial charge in [-0.1, -0.05) is 19.3 Å². The van der Waals surface area contributed by atoms with E-state index in [1.54, 1.807) is 0 Å². The van der Waals surface area contributed by atoms with E-state index < -0.39 is 0 Å². The van der Waals surface area contributed by atoms with Gasteiger partial charge in [0.15, 0.2) is 0 Å². The molecule has 0 amide bonds. The summed E-state index contributed by atoms with van der Waals surface area (Å²) in [6, 6.07) is 0.793. The van der Waals surface area contributed by atoms with Crippen LogP contribution in [0.5, 0.6) is 0 Å². The highest BCUT2D eigenvalue weighted by molar-refractivity contribution is 7.39. The fourth-order valence-electron chi connectivity index (χ4n) is 3.55. The first-order chi connectivity index (χ1) is 7.68. The van der Waals surface area contributed by atoms with Gasteiger partial charge in [0.05, 0.1) is 0 Å². The topological polar surface area (TPSA) is 3.24 Å². The summed E-state index contributed by atoms with van der Waals surface area (Å²) in [5.74, 6) is 0.994. The SMILES string of the molecule is C[C@H]([C@@H]1CCCC1PC1CCCC1)N(C)C. The first kappa shape index (κ1) is 12.8. The van der Waals surface area contributed by atoms with Crippen LogP contribution in [0.25, 0.3) is 0 Å². The molecule has 0 radical (unpaired) electrons. The van der Waals surface area contributed by atoms with E-state index in [-0.39, 0.29) is 0 Å². The van der Waals surface area contributed by atoms with Crippen LogP contribution in [0.1, 0.15) is 51.9 Å². The lowest BCUT2D eigenvalue weighted by atomic mass is 9.98. The average molecular weight is 241 g/mol. The summed E-state index contributed by atoms with van der Waals surface area (Å²) in [5, 5.41) is 0. The first-order valence-electron chi connectivity index (χ1n) is 7.11. The maximum atomic E-state index is 2.43. The molecule has 2 fully saturated rings. The van der Waals surface area contributed by atoms with E-state index in [1.807, 2.05) is 0 Å². The zero-order valence-corrected chi connectivity index (χ0v) is 12.2. The second kappa shape index (κ2) is 5.83. The van der Waals surface area contributed by atoms with E-state index in [4.69, 9.17) is 0 Å². The molecule has 2 aliphatic rings. The van der Waals surface area contributed by atoms with E-state index >= 15 is 0 Å². The lowest BCUT2D eigenvalue weighted by Crippen LogP contribution is -2.35. The van der Waals surface area contributed by atoms with Gasteiger partial charge >= 0.3 is 0 Å². The molecule has 2 rings (SSSR count). The summed E-state index contributed by atoms with van der Waals surface area (Å²) in [4.78, 5) is 2.43. The summed E-state index contributed by atoms with van der Waals surface area (Å²) in [5.41, 5.74) is 2.18. The molecule has 94 valence electrons. The summed E-state index contributed by atoms with van der Waals surface area (Å²) >= 11 is 0. The molecule has 0 aromatic rings. The number of rotatable bonds is 4. The molecule has 16 heavy (non-hydrogen) atoms. The van der Waals surface area contributed by atoms with Gasteiger partial charge in [0.2, 0.25) is 0 Å². The van der Waals surface area contributed by atoms with Crippen LogP contribution in [0.4, 0.5) is 0 Å². The smallest absolute Gasteiger partial charge is 0.00950 e. The molecule has 0 heterocycles. The molecule has 0 spiro atoms. The second-order valence-corrected chi connectivity index (χ2v) is 7.94. The van der Waals surface area contributed by atoms with E-state index in [0.717, 1.165) is 23.3 Å². The van der Waals surface area contributed by atoms with Gasteiger partial charge in [-0.3, -0.25) is 0 Å². The number of hydrogen-bond acceptors (Lipinski definition) is 1. The Bertz CT molecular complexity index is 211. The molecule has 2 unspecified atom stereocenters. The molecular formula is C14H28NP. The van der Waals surface area contributed by atoms with Gasteiger partial charge in [0.1, 0.15) is 0 Å². The fourth-order valence-corrected chi connectivity index (χ4v) is 5.96. The van der Waals surface area contributed by atoms with Crippen molar-refractivity contribution in [2.24, 2.45) is 5.92 Å². The minimum Gasteiger partial charge on any atom is -0.306 e. The number of hydrogen-bond donors (Lipinski definition) is 0. The molecule has 0 saturated heterocycles. The van der Waals surface area contributed by atoms with E-state index in [2.05, 4.69) is 25.9 Å². The van der Waals surface area contributed by atoms with Crippen molar-refractivity contribution in [2.75, 3.05) is 14.1 Å². The molecule has 0 aromatic heterocycles. The van der Waals surface area contributed by atoms with Gasteiger partial charge in [-0.2, -0.15) is 0 Å². The predicted molar refractivity (Wildman–Crippen MR) is 74.8 cm³/mol. The van der Waals surface area contributed by atoms with Crippen LogP contribution in [0.3, 0.4) is 0 Å². The van der Waals surface area contributed by atoms with Crippen molar-refractivity contribution in [2.45, 2.75) is 69.2 Å². The molecule has 0 bridgehead atoms. The van der Waals surface area contributed by atoms with Crippen LogP contribution < -0.4 is 0 Å². The van der Waals surface area contributed by atoms with Crippen molar-refractivity contribution in [1.82, 2.24) is 4.90 Å². The van der Waals surface area contributed by atoms with Crippen molar-refractivity contribution < 1.29 is 0 Å². The second-order valence-electron chi connectivity index (χ2n) is 6.05. The Labute approximate surface area is 103 Å². The lowest BCUT2D eigenvalue weighted by molar-refractivity contribution is 0.232. The maximum Gasteiger partial charge on any atom is 0.00950 e. The highest BCUT2D eigenvalue weighted by Gasteiger charge is 2.34. The fraction of sp³-hybridized carbons (Fsp3) is 1.00. The molecular weight excluding hydrogens is 213 g/mol. The Morgan fingerprint density at radius 3 is 2.31 bits per heavy atom. The Hall–Kier alpha value is 0.390. The van der Waals surface area contributed by atoms with Crippen LogP contribution in [-0.4, -0.2) is 36.4 Å². The highest BCUT2D eigenvalue weighted by atomic mass is 31.1. The minimum atomic E-state index is 0.793. The molecule has 0 aromatic carbocycles. The maximum absolute atomic E-state index is 2.43. The third-order valence-electron chi connectivity index (χ3n) is 4.81. The van der Waals surface area contributed by atoms with Gasteiger partial charge in [0.25, 0.3) is 0 Å². The normalized spacial score (nSPS) is 34.5. The Balaban J connectivity index is 1.87. The summed E-state index contributed by atoms with van der Waals surface area (Å²) < 4.78 is 0. The van der Waals surface area contributed by atoms with Crippen molar-refractivity contribution >= 4 is 8.58 Å². The quantitative estimate of drug-likeness (QED) is 0.678. The molecule has 2 aliphatic carbocycles. The van der Waals surface area contributed by atoms with Gasteiger partial charge in [-0.25, -0.2) is 0 Å². The summed E-state index contributed by atoms with van der Waals surface area (Å²) in [6.07, 6.45) is 10.6. The van der Waals surface area contributed by atoms with Gasteiger partial charge in [-0.15, -0.1) is 8.58 Å². The van der Waals surface area contributed by atoms with Crippen LogP contribution >= 0.6 is 8.58 Å². The first-order valence-corrected chi connectivity index (χ1v) is 8.26. The van der Waals surface area contributed by atoms with Crippen LogP contribution in [0.15, 0.2) is 0 Å². The van der Waals surface area contributed by atoms with Gasteiger partial charge in [-0.05, 0) is 63.9 Å². The largest absolute Gasteiger partial charge is 0.306 e. The summed E-state index contributed by atoms with van der Waals surface area (Å²) in [6.45, 7) is 2.43. The lowest BCUT2D eigenvalue weighted by Gasteiger charge is -2.32. The molecule has 1 nitrogen and oxygen atoms in total. The van der Waals surface area contributed by atoms with E-state index in [9.17, 15) is 0 Å². The molecule has 2 heteroatoms. The third kappa shape index (κ3) is 2.99. The molecule has 0 aliphatic heterocycles. The zero-order chi connectivity index (χ0) is 11.5. The third-order valence-corrected chi connectivity index (χ3v) is 7.00. The predicted octanol–water partition coefficient (Wildman–Crippen LogP) is 3.73. The molecule has 4 atom stereocenters. The molecule has 2 saturated carbocycles. The van der Waals surface area contributed by atoms with E-state index in [1.165, 1.54) is 53.5 Å². The van der Waals surface area contributed by atoms with Crippen molar-refractivity contribution in [3.63, 3.8) is 0 Å². The van der Waals surface area contributed by atoms with Crippen molar-refractivity contribution in [1.29, 1.82) is 0 Å². The highest BCUT2D eigenvalue weighted by Crippen LogP contribution is 2.47. The Morgan fingerprint density at radius 1 is 1.00 bits per heavy atom. The standard InChI is InChI=1S/C14H28NP/c1-11(15(2)3)13-9-6-10-14(13)16-12-7-4-5-8-12/h11-14,16H,4-10H2,1-3H3/t11-,13+,14?/m1/s1. The van der Waals surface area contributed by atoms with Crippen molar-refractivity contribution in [3.05, 3.63) is 0 Å². The van der Waals surface area contributed by atoms with Crippen LogP contribution in [0.2, 0.25) is 0 Å². The average Bonchev–Trinajstić information content (AvgIpc) is 2.88.